The molecule has 3 N–H and O–H groups in total. The Morgan fingerprint density at radius 2 is 1.53 bits per heavy atom. The van der Waals surface area contributed by atoms with Crippen molar-refractivity contribution in [1.82, 2.24) is 5.32 Å². The summed E-state index contributed by atoms with van der Waals surface area (Å²) in [5.41, 5.74) is 2.02. The van der Waals surface area contributed by atoms with Crippen LogP contribution < -0.4 is 15.4 Å². The van der Waals surface area contributed by atoms with Crippen LogP contribution in [0, 0.1) is 6.92 Å². The standard InChI is InChI=1S/C23H22ClN3O4S/c1-16-7-10-20(14-21(16)32(30,31)27-19-11-8-18(24)9-12-19)26-23(29)15-25-22(28)13-17-5-3-2-4-6-17/h2-12,14,27H,13,15H2,1H3,(H,25,28)(H,26,29). The molecule has 0 unspecified atom stereocenters. The van der Waals surface area contributed by atoms with Gasteiger partial charge in [0.1, 0.15) is 0 Å². The van der Waals surface area contributed by atoms with Crippen LogP contribution in [0.4, 0.5) is 11.4 Å². The van der Waals surface area contributed by atoms with Crippen LogP contribution in [0.15, 0.2) is 77.7 Å². The maximum absolute atomic E-state index is 12.8. The zero-order chi connectivity index (χ0) is 23.1. The van der Waals surface area contributed by atoms with E-state index < -0.39 is 15.9 Å². The van der Waals surface area contributed by atoms with Gasteiger partial charge in [0, 0.05) is 16.4 Å². The lowest BCUT2D eigenvalue weighted by Gasteiger charge is -2.13. The number of nitrogens with one attached hydrogen (secondary N) is 3. The zero-order valence-corrected chi connectivity index (χ0v) is 18.8. The van der Waals surface area contributed by atoms with E-state index in [9.17, 15) is 18.0 Å². The number of hydrogen-bond donors (Lipinski definition) is 3. The van der Waals surface area contributed by atoms with Crippen LogP contribution in [-0.4, -0.2) is 26.8 Å². The first-order chi connectivity index (χ1) is 15.2. The maximum Gasteiger partial charge on any atom is 0.262 e. The number of amides is 2. The van der Waals surface area contributed by atoms with Crippen molar-refractivity contribution < 1.29 is 18.0 Å². The van der Waals surface area contributed by atoms with E-state index in [1.807, 2.05) is 30.3 Å². The molecule has 0 atom stereocenters. The number of carbonyl (C=O) groups excluding carboxylic acids is 2. The molecular weight excluding hydrogens is 450 g/mol. The SMILES string of the molecule is Cc1ccc(NC(=O)CNC(=O)Cc2ccccc2)cc1S(=O)(=O)Nc1ccc(Cl)cc1. The number of rotatable bonds is 8. The highest BCUT2D eigenvalue weighted by molar-refractivity contribution is 7.92. The van der Waals surface area contributed by atoms with Crippen LogP contribution in [0.3, 0.4) is 0 Å². The van der Waals surface area contributed by atoms with Crippen molar-refractivity contribution >= 4 is 44.8 Å². The fourth-order valence-electron chi connectivity index (χ4n) is 2.92. The molecule has 0 aromatic heterocycles. The molecular formula is C23H22ClN3O4S. The van der Waals surface area contributed by atoms with Gasteiger partial charge in [0.25, 0.3) is 10.0 Å². The second-order valence-corrected chi connectivity index (χ2v) is 9.17. The third-order valence-corrected chi connectivity index (χ3v) is 6.29. The maximum atomic E-state index is 12.8. The first-order valence-electron chi connectivity index (χ1n) is 9.72. The highest BCUT2D eigenvalue weighted by Gasteiger charge is 2.18. The normalized spacial score (nSPS) is 10.9. The predicted octanol–water partition coefficient (Wildman–Crippen LogP) is 3.75. The van der Waals surface area contributed by atoms with E-state index in [4.69, 9.17) is 11.6 Å². The molecule has 3 aromatic carbocycles. The van der Waals surface area contributed by atoms with E-state index in [1.165, 1.54) is 6.07 Å². The molecule has 3 aromatic rings. The largest absolute Gasteiger partial charge is 0.347 e. The van der Waals surface area contributed by atoms with E-state index in [0.29, 0.717) is 22.0 Å². The minimum atomic E-state index is -3.89. The molecule has 7 nitrogen and oxygen atoms in total. The van der Waals surface area contributed by atoms with Crippen molar-refractivity contribution in [3.63, 3.8) is 0 Å². The average Bonchev–Trinajstić information content (AvgIpc) is 2.76. The Balaban J connectivity index is 1.62. The Kier molecular flexibility index (Phi) is 7.50. The summed E-state index contributed by atoms with van der Waals surface area (Å²) >= 11 is 5.84. The molecule has 0 aliphatic carbocycles. The van der Waals surface area contributed by atoms with Gasteiger partial charge < -0.3 is 10.6 Å². The monoisotopic (exact) mass is 471 g/mol. The minimum absolute atomic E-state index is 0.0263. The quantitative estimate of drug-likeness (QED) is 0.465. The van der Waals surface area contributed by atoms with Gasteiger partial charge in [-0.25, -0.2) is 8.42 Å². The van der Waals surface area contributed by atoms with Crippen molar-refractivity contribution in [3.05, 3.63) is 88.9 Å². The van der Waals surface area contributed by atoms with Gasteiger partial charge in [0.2, 0.25) is 11.8 Å². The Labute approximate surface area is 191 Å². The minimum Gasteiger partial charge on any atom is -0.347 e. The van der Waals surface area contributed by atoms with Gasteiger partial charge in [-0.3, -0.25) is 14.3 Å². The summed E-state index contributed by atoms with van der Waals surface area (Å²) < 4.78 is 28.1. The molecule has 32 heavy (non-hydrogen) atoms. The molecule has 0 fully saturated rings. The summed E-state index contributed by atoms with van der Waals surface area (Å²) in [6.45, 7) is 1.43. The second kappa shape index (κ2) is 10.3. The molecule has 0 saturated carbocycles. The average molecular weight is 472 g/mol. The van der Waals surface area contributed by atoms with Crippen LogP contribution >= 0.6 is 11.6 Å². The zero-order valence-electron chi connectivity index (χ0n) is 17.3. The number of benzene rings is 3. The second-order valence-electron chi connectivity index (χ2n) is 7.08. The van der Waals surface area contributed by atoms with E-state index in [-0.39, 0.29) is 23.8 Å². The molecule has 0 spiro atoms. The Morgan fingerprint density at radius 3 is 2.22 bits per heavy atom. The number of aryl methyl sites for hydroxylation is 1. The number of carbonyl (C=O) groups is 2. The Morgan fingerprint density at radius 1 is 0.875 bits per heavy atom. The first kappa shape index (κ1) is 23.3. The van der Waals surface area contributed by atoms with Crippen molar-refractivity contribution in [3.8, 4) is 0 Å². The number of anilines is 2. The topological polar surface area (TPSA) is 104 Å². The third-order valence-electron chi connectivity index (χ3n) is 4.51. The number of sulfonamides is 1. The highest BCUT2D eigenvalue weighted by Crippen LogP contribution is 2.23. The van der Waals surface area contributed by atoms with E-state index >= 15 is 0 Å². The van der Waals surface area contributed by atoms with Gasteiger partial charge in [-0.1, -0.05) is 48.0 Å². The van der Waals surface area contributed by atoms with Crippen LogP contribution in [0.1, 0.15) is 11.1 Å². The van der Waals surface area contributed by atoms with E-state index in [0.717, 1.165) is 5.56 Å². The molecule has 3 rings (SSSR count). The Hall–Kier alpha value is -3.36. The Bertz CT molecular complexity index is 1210. The molecule has 9 heteroatoms. The molecule has 0 saturated heterocycles. The van der Waals surface area contributed by atoms with Crippen LogP contribution in [-0.2, 0) is 26.0 Å². The van der Waals surface area contributed by atoms with Crippen molar-refractivity contribution in [1.29, 1.82) is 0 Å². The lowest BCUT2D eigenvalue weighted by Crippen LogP contribution is -2.33. The molecule has 0 bridgehead atoms. The van der Waals surface area contributed by atoms with Crippen LogP contribution in [0.2, 0.25) is 5.02 Å². The van der Waals surface area contributed by atoms with Crippen molar-refractivity contribution in [2.75, 3.05) is 16.6 Å². The fraction of sp³-hybridized carbons (Fsp3) is 0.130. The van der Waals surface area contributed by atoms with Gasteiger partial charge in [0.15, 0.2) is 0 Å². The van der Waals surface area contributed by atoms with E-state index in [2.05, 4.69) is 15.4 Å². The fourth-order valence-corrected chi connectivity index (χ4v) is 4.38. The molecule has 0 radical (unpaired) electrons. The van der Waals surface area contributed by atoms with Crippen molar-refractivity contribution in [2.24, 2.45) is 0 Å². The smallest absolute Gasteiger partial charge is 0.262 e. The number of halogens is 1. The number of hydrogen-bond acceptors (Lipinski definition) is 4. The highest BCUT2D eigenvalue weighted by atomic mass is 35.5. The van der Waals surface area contributed by atoms with Gasteiger partial charge >= 0.3 is 0 Å². The lowest BCUT2D eigenvalue weighted by molar-refractivity contribution is -0.123. The predicted molar refractivity (Wildman–Crippen MR) is 125 cm³/mol. The summed E-state index contributed by atoms with van der Waals surface area (Å²) in [5, 5.41) is 5.65. The third kappa shape index (κ3) is 6.57. The summed E-state index contributed by atoms with van der Waals surface area (Å²) in [5.74, 6) is -0.755. The van der Waals surface area contributed by atoms with Gasteiger partial charge in [0.05, 0.1) is 17.9 Å². The van der Waals surface area contributed by atoms with Crippen LogP contribution in [0.25, 0.3) is 0 Å². The first-order valence-corrected chi connectivity index (χ1v) is 11.6. The van der Waals surface area contributed by atoms with Gasteiger partial charge in [-0.05, 0) is 54.4 Å². The summed E-state index contributed by atoms with van der Waals surface area (Å²) in [7, 11) is -3.89. The summed E-state index contributed by atoms with van der Waals surface area (Å²) in [4.78, 5) is 24.3. The van der Waals surface area contributed by atoms with Crippen molar-refractivity contribution in [2.45, 2.75) is 18.2 Å². The van der Waals surface area contributed by atoms with Gasteiger partial charge in [-0.2, -0.15) is 0 Å². The van der Waals surface area contributed by atoms with Crippen LogP contribution in [0.5, 0.6) is 0 Å². The molecule has 0 aliphatic rings. The molecule has 166 valence electrons. The molecule has 0 heterocycles. The molecule has 0 aliphatic heterocycles. The summed E-state index contributed by atoms with van der Waals surface area (Å²) in [6.07, 6.45) is 0.164. The molecule has 2 amide bonds. The van der Waals surface area contributed by atoms with E-state index in [1.54, 1.807) is 43.3 Å². The van der Waals surface area contributed by atoms with Gasteiger partial charge in [-0.15, -0.1) is 0 Å². The summed E-state index contributed by atoms with van der Waals surface area (Å²) in [6, 6.07) is 20.0. The lowest BCUT2D eigenvalue weighted by atomic mass is 10.1.